The van der Waals surface area contributed by atoms with Crippen LogP contribution in [0, 0.1) is 11.6 Å². The van der Waals surface area contributed by atoms with Gasteiger partial charge in [-0.3, -0.25) is 9.88 Å². The number of aromatic nitrogens is 3. The molecule has 18 heteroatoms. The topological polar surface area (TPSA) is 141 Å². The van der Waals surface area contributed by atoms with Gasteiger partial charge >= 0.3 is 18.2 Å². The molecule has 2 aromatic heterocycles. The van der Waals surface area contributed by atoms with Crippen molar-refractivity contribution in [1.29, 1.82) is 0 Å². The number of carbonyl (C=O) groups is 2. The van der Waals surface area contributed by atoms with Gasteiger partial charge in [-0.15, -0.1) is 0 Å². The van der Waals surface area contributed by atoms with Crippen LogP contribution in [0.4, 0.5) is 33.0 Å². The van der Waals surface area contributed by atoms with E-state index >= 15 is 13.2 Å². The Morgan fingerprint density at radius 1 is 1.08 bits per heavy atom. The molecule has 5 aliphatic rings. The molecule has 14 nitrogen and oxygen atoms in total. The number of alkyl carbamates (subject to hydrolysis) is 1. The molecule has 3 saturated heterocycles. The number of alkyl halides is 2. The molecule has 0 aliphatic carbocycles. The lowest BCUT2D eigenvalue weighted by Gasteiger charge is -2.42. The fraction of sp³-hybridized carbons (Fsp3) is 0.548. The number of amides is 2. The maximum absolute atomic E-state index is 17.6. The van der Waals surface area contributed by atoms with Crippen molar-refractivity contribution in [3.63, 3.8) is 0 Å². The van der Waals surface area contributed by atoms with Crippen LogP contribution in [-0.2, 0) is 20.6 Å². The van der Waals surface area contributed by atoms with Gasteiger partial charge in [-0.2, -0.15) is 9.97 Å². The summed E-state index contributed by atoms with van der Waals surface area (Å²) in [5, 5.41) is 3.64. The monoisotopic (exact) mass is 839 g/mol. The number of ether oxygens (including phenoxy) is 5. The van der Waals surface area contributed by atoms with E-state index < -0.39 is 53.3 Å². The molecule has 4 aromatic rings. The van der Waals surface area contributed by atoms with E-state index in [2.05, 4.69) is 20.2 Å². The van der Waals surface area contributed by atoms with Crippen molar-refractivity contribution in [2.24, 2.45) is 0 Å². The van der Waals surface area contributed by atoms with Crippen LogP contribution in [0.5, 0.6) is 11.8 Å². The molecule has 7 heterocycles. The third-order valence-electron chi connectivity index (χ3n) is 12.2. The highest BCUT2D eigenvalue weighted by Gasteiger charge is 2.49. The zero-order valence-corrected chi connectivity index (χ0v) is 34.1. The molecule has 0 spiro atoms. The number of hydrogen-bond donors (Lipinski definition) is 1. The number of rotatable bonds is 9. The number of benzene rings is 2. The first-order chi connectivity index (χ1) is 28.8. The van der Waals surface area contributed by atoms with Crippen molar-refractivity contribution < 1.29 is 50.8 Å². The first-order valence-electron chi connectivity index (χ1n) is 20.2. The lowest BCUT2D eigenvalue weighted by atomic mass is 9.90. The van der Waals surface area contributed by atoms with Crippen molar-refractivity contribution in [3.05, 3.63) is 47.7 Å². The third kappa shape index (κ3) is 8.08. The predicted octanol–water partition coefficient (Wildman–Crippen LogP) is 6.15. The van der Waals surface area contributed by atoms with Gasteiger partial charge < -0.3 is 38.8 Å². The number of nitrogens with one attached hydrogen (secondary N) is 1. The highest BCUT2D eigenvalue weighted by Crippen LogP contribution is 2.43. The second-order valence-corrected chi connectivity index (χ2v) is 16.6. The standard InChI is InChI=1S/C42H49F4N7O7/c1-41-15-25(43)18-52(22-41)37-31-17-47-35(34(46)36(31)48-38(49-37)59-23-42-10-6-11-53(42)19-26(44)16-42)30-14-28(60-40(55)51(2)27(20-56-3)21-57-4)13-24-8-9-32(45)29(33(24)30)7-5-12-58-39(54)50-41/h8-9,13-14,17,25-27H,5-7,10-12,15-16,18-23H2,1-4H3,(H,50,54)/t25-,26-,41-,42+/m1/s1. The predicted molar refractivity (Wildman–Crippen MR) is 213 cm³/mol. The molecule has 3 fully saturated rings. The van der Waals surface area contributed by atoms with Crippen molar-refractivity contribution >= 4 is 39.7 Å². The van der Waals surface area contributed by atoms with Crippen LogP contribution in [0.3, 0.4) is 0 Å². The number of hydrogen-bond acceptors (Lipinski definition) is 12. The molecule has 322 valence electrons. The summed E-state index contributed by atoms with van der Waals surface area (Å²) < 4.78 is 92.1. The van der Waals surface area contributed by atoms with Gasteiger partial charge in [0, 0.05) is 59.0 Å². The summed E-state index contributed by atoms with van der Waals surface area (Å²) in [6.07, 6.45) is -0.560. The highest BCUT2D eigenvalue weighted by molar-refractivity contribution is 6.02. The van der Waals surface area contributed by atoms with Gasteiger partial charge in [-0.25, -0.2) is 27.2 Å². The Morgan fingerprint density at radius 2 is 1.87 bits per heavy atom. The first-order valence-corrected chi connectivity index (χ1v) is 20.2. The molecule has 0 radical (unpaired) electrons. The highest BCUT2D eigenvalue weighted by atomic mass is 19.1. The lowest BCUT2D eigenvalue weighted by molar-refractivity contribution is 0.0502. The Labute approximate surface area is 344 Å². The minimum atomic E-state index is -1.43. The maximum atomic E-state index is 17.6. The summed E-state index contributed by atoms with van der Waals surface area (Å²) >= 11 is 0. The Bertz CT molecular complexity index is 2290. The number of pyridine rings is 1. The lowest BCUT2D eigenvalue weighted by Crippen LogP contribution is -2.60. The number of anilines is 1. The zero-order valence-electron chi connectivity index (χ0n) is 34.1. The Morgan fingerprint density at radius 3 is 2.65 bits per heavy atom. The number of fused-ring (bicyclic) bond motifs is 7. The summed E-state index contributed by atoms with van der Waals surface area (Å²) in [5.41, 5.74) is -1.89. The molecule has 1 N–H and O–H groups in total. The van der Waals surface area contributed by atoms with Crippen LogP contribution in [0.25, 0.3) is 32.9 Å². The second kappa shape index (κ2) is 16.8. The number of likely N-dealkylation sites (N-methyl/N-ethyl adjacent to an activating group) is 1. The molecule has 2 aromatic carbocycles. The van der Waals surface area contributed by atoms with Gasteiger partial charge in [0.05, 0.1) is 48.9 Å². The first kappa shape index (κ1) is 41.7. The van der Waals surface area contributed by atoms with Crippen molar-refractivity contribution in [1.82, 2.24) is 30.1 Å². The number of aryl methyl sites for hydroxylation is 1. The van der Waals surface area contributed by atoms with Crippen LogP contribution in [0.1, 0.15) is 44.6 Å². The van der Waals surface area contributed by atoms with Crippen molar-refractivity contribution in [3.8, 4) is 23.0 Å². The van der Waals surface area contributed by atoms with E-state index in [1.54, 1.807) is 17.9 Å². The third-order valence-corrected chi connectivity index (χ3v) is 12.2. The number of methoxy groups -OCH3 is 2. The SMILES string of the molecule is COCC(COC)N(C)C(=O)Oc1cc2c3c(c(F)ccc3c1)CCCOC(=O)N[C@]1(C)C[C@@H](F)CN(C1)c1nc(OC[C@@]34CCCN3C[C@H](F)C4)nc3c(F)c-2ncc13. The molecule has 2 amide bonds. The van der Waals surface area contributed by atoms with Gasteiger partial charge in [-0.1, -0.05) is 6.07 Å². The molecule has 60 heavy (non-hydrogen) atoms. The molecular weight excluding hydrogens is 790 g/mol. The van der Waals surface area contributed by atoms with E-state index in [-0.39, 0.29) is 111 Å². The van der Waals surface area contributed by atoms with Gasteiger partial charge in [0.2, 0.25) is 0 Å². The summed E-state index contributed by atoms with van der Waals surface area (Å²) in [6.45, 7) is 2.88. The number of halogens is 4. The van der Waals surface area contributed by atoms with Crippen LogP contribution in [0.15, 0.2) is 30.5 Å². The summed E-state index contributed by atoms with van der Waals surface area (Å²) in [5.74, 6) is -1.38. The second-order valence-electron chi connectivity index (χ2n) is 16.6. The normalized spacial score (nSPS) is 24.5. The fourth-order valence-electron chi connectivity index (χ4n) is 9.41. The number of piperidine rings is 1. The smallest absolute Gasteiger partial charge is 0.415 e. The van der Waals surface area contributed by atoms with Crippen LogP contribution in [0.2, 0.25) is 0 Å². The van der Waals surface area contributed by atoms with Crippen LogP contribution >= 0.6 is 0 Å². The molecule has 5 aliphatic heterocycles. The summed E-state index contributed by atoms with van der Waals surface area (Å²) in [6, 6.07) is 5.01. The van der Waals surface area contributed by atoms with Crippen LogP contribution < -0.4 is 19.7 Å². The average molecular weight is 840 g/mol. The molecule has 6 bridgehead atoms. The number of nitrogens with zero attached hydrogens (tertiary/aromatic N) is 6. The van der Waals surface area contributed by atoms with E-state index in [9.17, 15) is 14.0 Å². The van der Waals surface area contributed by atoms with E-state index in [4.69, 9.17) is 28.7 Å². The molecule has 4 atom stereocenters. The molecule has 0 saturated carbocycles. The van der Waals surface area contributed by atoms with E-state index in [0.717, 1.165) is 13.0 Å². The van der Waals surface area contributed by atoms with Crippen molar-refractivity contribution in [2.75, 3.05) is 78.8 Å². The largest absolute Gasteiger partial charge is 0.461 e. The van der Waals surface area contributed by atoms with Crippen LogP contribution in [-0.4, -0.2) is 140 Å². The molecular formula is C42H49F4N7O7. The van der Waals surface area contributed by atoms with Gasteiger partial charge in [0.15, 0.2) is 5.82 Å². The van der Waals surface area contributed by atoms with Crippen molar-refractivity contribution in [2.45, 2.75) is 74.9 Å². The maximum Gasteiger partial charge on any atom is 0.415 e. The van der Waals surface area contributed by atoms with Gasteiger partial charge in [0.25, 0.3) is 0 Å². The quantitative estimate of drug-likeness (QED) is 0.194. The van der Waals surface area contributed by atoms with E-state index in [1.807, 2.05) is 0 Å². The average Bonchev–Trinajstić information content (AvgIpc) is 3.73. The Hall–Kier alpha value is -5.07. The Balaban J connectivity index is 1.29. The van der Waals surface area contributed by atoms with Gasteiger partial charge in [-0.05, 0) is 73.7 Å². The molecule has 0 unspecified atom stereocenters. The van der Waals surface area contributed by atoms with E-state index in [1.165, 1.54) is 50.6 Å². The zero-order chi connectivity index (χ0) is 42.3. The summed E-state index contributed by atoms with van der Waals surface area (Å²) in [4.78, 5) is 45.5. The molecule has 9 rings (SSSR count). The minimum absolute atomic E-state index is 0.0183. The Kier molecular flexibility index (Phi) is 11.6. The number of carbonyl (C=O) groups excluding carboxylic acids is 2. The minimum Gasteiger partial charge on any atom is -0.461 e. The van der Waals surface area contributed by atoms with E-state index in [0.29, 0.717) is 23.7 Å². The van der Waals surface area contributed by atoms with Gasteiger partial charge in [0.1, 0.15) is 47.5 Å². The summed E-state index contributed by atoms with van der Waals surface area (Å²) in [7, 11) is 4.53. The fourth-order valence-corrected chi connectivity index (χ4v) is 9.41.